The van der Waals surface area contributed by atoms with Crippen molar-refractivity contribution in [2.24, 2.45) is 0 Å². The van der Waals surface area contributed by atoms with Gasteiger partial charge in [0.15, 0.2) is 0 Å². The van der Waals surface area contributed by atoms with Crippen molar-refractivity contribution >= 4 is 36.1 Å². The summed E-state index contributed by atoms with van der Waals surface area (Å²) < 4.78 is 0. The zero-order chi connectivity index (χ0) is 14.8. The number of rotatable bonds is 4. The van der Waals surface area contributed by atoms with Crippen LogP contribution in [0.4, 0.5) is 11.4 Å². The molecule has 0 fully saturated rings. The van der Waals surface area contributed by atoms with Crippen molar-refractivity contribution < 1.29 is 0 Å². The second kappa shape index (κ2) is 6.11. The van der Waals surface area contributed by atoms with Crippen molar-refractivity contribution in [3.8, 4) is 0 Å². The van der Waals surface area contributed by atoms with Crippen LogP contribution in [0, 0.1) is 0 Å². The third-order valence-corrected chi connectivity index (χ3v) is 4.95. The van der Waals surface area contributed by atoms with E-state index in [-0.39, 0.29) is 0 Å². The van der Waals surface area contributed by atoms with E-state index in [1.807, 2.05) is 18.7 Å². The van der Waals surface area contributed by atoms with Gasteiger partial charge in [-0.25, -0.2) is 0 Å². The molecule has 21 heavy (non-hydrogen) atoms. The van der Waals surface area contributed by atoms with E-state index in [2.05, 4.69) is 54.3 Å². The molecule has 105 valence electrons. The fourth-order valence-electron chi connectivity index (χ4n) is 2.63. The van der Waals surface area contributed by atoms with Crippen LogP contribution in [0.5, 0.6) is 0 Å². The number of hydrogen-bond acceptors (Lipinski definition) is 2. The number of hydrogen-bond donors (Lipinski definition) is 0. The van der Waals surface area contributed by atoms with E-state index < -0.39 is 0 Å². The molecule has 2 aromatic carbocycles. The molecule has 0 N–H and O–H groups in total. The van der Waals surface area contributed by atoms with E-state index in [1.165, 1.54) is 34.0 Å². The molecule has 0 amide bonds. The Labute approximate surface area is 132 Å². The molecule has 1 heterocycles. The fourth-order valence-corrected chi connectivity index (χ4v) is 3.71. The summed E-state index contributed by atoms with van der Waals surface area (Å²) in [4.78, 5) is 5.09. The molecule has 3 heteroatoms. The van der Waals surface area contributed by atoms with E-state index in [1.54, 1.807) is 0 Å². The first-order chi connectivity index (χ1) is 10.2. The van der Waals surface area contributed by atoms with E-state index in [0.717, 1.165) is 17.6 Å². The Kier molecular flexibility index (Phi) is 4.20. The van der Waals surface area contributed by atoms with Gasteiger partial charge in [0.1, 0.15) is 0 Å². The molecule has 2 aromatic rings. The van der Waals surface area contributed by atoms with Gasteiger partial charge < -0.3 is 0 Å². The predicted molar refractivity (Wildman–Crippen MR) is 94.5 cm³/mol. The third-order valence-electron chi connectivity index (χ3n) is 3.82. The molecular formula is C18H19BNS. The van der Waals surface area contributed by atoms with Gasteiger partial charge in [0.05, 0.1) is 0 Å². The Morgan fingerprint density at radius 3 is 2.62 bits per heavy atom. The molecule has 0 bridgehead atoms. The Morgan fingerprint density at radius 1 is 1.10 bits per heavy atom. The van der Waals surface area contributed by atoms with E-state index in [9.17, 15) is 0 Å². The average molecular weight is 292 g/mol. The maximum absolute atomic E-state index is 5.98. The first-order valence-electron chi connectivity index (χ1n) is 7.48. The third kappa shape index (κ3) is 2.80. The number of para-hydroxylation sites is 1. The van der Waals surface area contributed by atoms with Crippen molar-refractivity contribution in [2.75, 3.05) is 11.4 Å². The summed E-state index contributed by atoms with van der Waals surface area (Å²) in [5, 5.41) is 0. The average Bonchev–Trinajstić information content (AvgIpc) is 2.50. The predicted octanol–water partition coefficient (Wildman–Crippen LogP) is 4.80. The number of fused-ring (bicyclic) bond motifs is 2. The molecule has 0 unspecified atom stereocenters. The van der Waals surface area contributed by atoms with Crippen LogP contribution in [0.15, 0.2) is 52.3 Å². The quantitative estimate of drug-likeness (QED) is 0.745. The minimum atomic E-state index is 0.872. The van der Waals surface area contributed by atoms with Crippen molar-refractivity contribution in [3.05, 3.63) is 48.0 Å². The van der Waals surface area contributed by atoms with Gasteiger partial charge in [-0.15, -0.1) is 0 Å². The Balaban J connectivity index is 2.09. The summed E-state index contributed by atoms with van der Waals surface area (Å²) >= 11 is 1.85. The van der Waals surface area contributed by atoms with E-state index in [0.29, 0.717) is 0 Å². The van der Waals surface area contributed by atoms with Crippen molar-refractivity contribution in [1.29, 1.82) is 0 Å². The standard InChI is InChI=1S/C18H19BNS/c1-3-4-11-20-15-7-5-6-8-17(15)21-18-10-9-14(13(2)19)12-16(18)20/h5-10,12H,3-4,11H2,1-2H3. The molecule has 3 rings (SSSR count). The maximum atomic E-state index is 5.98. The molecular weight excluding hydrogens is 273 g/mol. The normalized spacial score (nSPS) is 12.7. The molecule has 0 atom stereocenters. The minimum absolute atomic E-state index is 0.872. The molecule has 1 aliphatic rings. The van der Waals surface area contributed by atoms with Crippen molar-refractivity contribution in [3.63, 3.8) is 0 Å². The Morgan fingerprint density at radius 2 is 1.86 bits per heavy atom. The van der Waals surface area contributed by atoms with E-state index >= 15 is 0 Å². The van der Waals surface area contributed by atoms with Gasteiger partial charge >= 0.3 is 132 Å². The zero-order valence-corrected chi connectivity index (χ0v) is 13.4. The second-order valence-corrected chi connectivity index (χ2v) is 6.52. The van der Waals surface area contributed by atoms with Crippen molar-refractivity contribution in [2.45, 2.75) is 36.5 Å². The van der Waals surface area contributed by atoms with Gasteiger partial charge in [0.2, 0.25) is 0 Å². The topological polar surface area (TPSA) is 3.24 Å². The van der Waals surface area contributed by atoms with Crippen LogP contribution in [0.3, 0.4) is 0 Å². The first-order valence-corrected chi connectivity index (χ1v) is 8.30. The molecule has 0 aliphatic carbocycles. The molecule has 0 aromatic heterocycles. The monoisotopic (exact) mass is 292 g/mol. The van der Waals surface area contributed by atoms with Gasteiger partial charge in [-0.1, -0.05) is 0 Å². The molecule has 0 saturated carbocycles. The van der Waals surface area contributed by atoms with Crippen LogP contribution in [0.1, 0.15) is 32.3 Å². The van der Waals surface area contributed by atoms with Gasteiger partial charge in [0, 0.05) is 0 Å². The van der Waals surface area contributed by atoms with Crippen molar-refractivity contribution in [1.82, 2.24) is 0 Å². The summed E-state index contributed by atoms with van der Waals surface area (Å²) in [5.41, 5.74) is 4.59. The molecule has 1 nitrogen and oxygen atoms in total. The molecule has 1 aliphatic heterocycles. The van der Waals surface area contributed by atoms with Crippen LogP contribution in [0.25, 0.3) is 0 Å². The zero-order valence-electron chi connectivity index (χ0n) is 12.6. The molecule has 1 radical (unpaired) electrons. The first kappa shape index (κ1) is 14.5. The Hall–Kier alpha value is -1.48. The van der Waals surface area contributed by atoms with Crippen LogP contribution < -0.4 is 4.90 Å². The summed E-state index contributed by atoms with van der Waals surface area (Å²) in [7, 11) is 5.98. The fraction of sp³-hybridized carbons (Fsp3) is 0.278. The number of benzene rings is 2. The summed E-state index contributed by atoms with van der Waals surface area (Å²) in [5.74, 6) is 0. The summed E-state index contributed by atoms with van der Waals surface area (Å²) in [6.07, 6.45) is 2.39. The number of anilines is 2. The second-order valence-electron chi connectivity index (χ2n) is 5.44. The van der Waals surface area contributed by atoms with Crippen LogP contribution >= 0.6 is 11.8 Å². The number of unbranched alkanes of at least 4 members (excludes halogenated alkanes) is 1. The number of nitrogens with zero attached hydrogens (tertiary/aromatic N) is 1. The Bertz CT molecular complexity index is 681. The van der Waals surface area contributed by atoms with Crippen LogP contribution in [-0.2, 0) is 0 Å². The van der Waals surface area contributed by atoms with Gasteiger partial charge in [0.25, 0.3) is 0 Å². The summed E-state index contributed by atoms with van der Waals surface area (Å²) in [6.45, 7) is 5.25. The SMILES string of the molecule is [B]=C(C)c1ccc2c(c1)N(CCCC)c1ccccc1S2. The molecule has 0 saturated heterocycles. The van der Waals surface area contributed by atoms with Crippen LogP contribution in [-0.4, -0.2) is 19.5 Å². The molecule has 0 spiro atoms. The van der Waals surface area contributed by atoms with Gasteiger partial charge in [-0.2, -0.15) is 0 Å². The van der Waals surface area contributed by atoms with Crippen LogP contribution in [0.2, 0.25) is 0 Å². The summed E-state index contributed by atoms with van der Waals surface area (Å²) in [6, 6.07) is 15.2. The van der Waals surface area contributed by atoms with Gasteiger partial charge in [-0.3, -0.25) is 0 Å². The van der Waals surface area contributed by atoms with E-state index in [4.69, 9.17) is 7.49 Å². The van der Waals surface area contributed by atoms with Gasteiger partial charge in [-0.05, 0) is 0 Å².